The second-order valence-electron chi connectivity index (χ2n) is 6.54. The highest BCUT2D eigenvalue weighted by atomic mass is 32.1. The molecule has 2 aromatic rings. The van der Waals surface area contributed by atoms with Gasteiger partial charge >= 0.3 is 0 Å². The van der Waals surface area contributed by atoms with Gasteiger partial charge in [0, 0.05) is 13.0 Å². The average molecular weight is 332 g/mol. The van der Waals surface area contributed by atoms with E-state index in [0.717, 1.165) is 41.2 Å². The minimum atomic E-state index is 0.144. The van der Waals surface area contributed by atoms with Gasteiger partial charge in [-0.25, -0.2) is 4.98 Å². The van der Waals surface area contributed by atoms with Gasteiger partial charge in [0.25, 0.3) is 0 Å². The van der Waals surface area contributed by atoms with E-state index in [-0.39, 0.29) is 12.0 Å². The first-order valence-electron chi connectivity index (χ1n) is 8.41. The number of anilines is 1. The maximum Gasteiger partial charge on any atom is 0.228 e. The van der Waals surface area contributed by atoms with Crippen molar-refractivity contribution in [3.05, 3.63) is 24.3 Å². The fourth-order valence-electron chi connectivity index (χ4n) is 2.80. The third-order valence-corrected chi connectivity index (χ3v) is 5.22. The van der Waals surface area contributed by atoms with Gasteiger partial charge in [-0.3, -0.25) is 9.69 Å². The molecular weight excluding hydrogens is 308 g/mol. The van der Waals surface area contributed by atoms with Crippen molar-refractivity contribution in [2.24, 2.45) is 5.92 Å². The highest BCUT2D eigenvalue weighted by Crippen LogP contribution is 2.30. The quantitative estimate of drug-likeness (QED) is 0.794. The summed E-state index contributed by atoms with van der Waals surface area (Å²) in [5.41, 5.74) is 0.960. The average Bonchev–Trinajstić information content (AvgIpc) is 3.18. The van der Waals surface area contributed by atoms with Crippen molar-refractivity contribution in [1.29, 1.82) is 0 Å². The van der Waals surface area contributed by atoms with Crippen molar-refractivity contribution in [3.8, 4) is 0 Å². The summed E-state index contributed by atoms with van der Waals surface area (Å²) in [5.74, 6) is 0.687. The lowest BCUT2D eigenvalue weighted by molar-refractivity contribution is -0.119. The van der Waals surface area contributed by atoms with Crippen LogP contribution in [0.5, 0.6) is 0 Å². The number of fused-ring (bicyclic) bond motifs is 1. The summed E-state index contributed by atoms with van der Waals surface area (Å²) < 4.78 is 6.86. The summed E-state index contributed by atoms with van der Waals surface area (Å²) in [6.45, 7) is 5.72. The Balaban J connectivity index is 1.81. The second kappa shape index (κ2) is 7.41. The molecule has 2 heterocycles. The van der Waals surface area contributed by atoms with Crippen LogP contribution in [0.25, 0.3) is 10.2 Å². The van der Waals surface area contributed by atoms with E-state index in [2.05, 4.69) is 24.9 Å². The molecule has 0 N–H and O–H groups in total. The molecule has 124 valence electrons. The fraction of sp³-hybridized carbons (Fsp3) is 0.556. The van der Waals surface area contributed by atoms with Crippen LogP contribution in [0.1, 0.15) is 39.5 Å². The molecule has 0 saturated carbocycles. The van der Waals surface area contributed by atoms with Gasteiger partial charge in [0.1, 0.15) is 0 Å². The van der Waals surface area contributed by atoms with Crippen LogP contribution in [0.15, 0.2) is 24.3 Å². The number of amides is 1. The summed E-state index contributed by atoms with van der Waals surface area (Å²) in [6, 6.07) is 8.05. The molecule has 0 spiro atoms. The zero-order chi connectivity index (χ0) is 16.2. The molecular formula is C18H24N2O2S. The molecule has 5 heteroatoms. The highest BCUT2D eigenvalue weighted by Gasteiger charge is 2.25. The van der Waals surface area contributed by atoms with Gasteiger partial charge in [0.15, 0.2) is 5.13 Å². The topological polar surface area (TPSA) is 42.4 Å². The van der Waals surface area contributed by atoms with Crippen LogP contribution < -0.4 is 4.90 Å². The number of rotatable bonds is 6. The zero-order valence-corrected chi connectivity index (χ0v) is 14.6. The van der Waals surface area contributed by atoms with Crippen molar-refractivity contribution < 1.29 is 9.53 Å². The first-order valence-corrected chi connectivity index (χ1v) is 9.22. The van der Waals surface area contributed by atoms with Crippen molar-refractivity contribution in [2.75, 3.05) is 18.1 Å². The molecule has 1 aliphatic heterocycles. The molecule has 1 aromatic heterocycles. The number of thiazole rings is 1. The molecule has 1 unspecified atom stereocenters. The Labute approximate surface area is 141 Å². The van der Waals surface area contributed by atoms with E-state index in [0.29, 0.717) is 18.9 Å². The van der Waals surface area contributed by atoms with E-state index in [1.165, 1.54) is 0 Å². The Bertz CT molecular complexity index is 629. The molecule has 0 radical (unpaired) electrons. The summed E-state index contributed by atoms with van der Waals surface area (Å²) in [6.07, 6.45) is 3.73. The van der Waals surface area contributed by atoms with Crippen molar-refractivity contribution in [3.63, 3.8) is 0 Å². The maximum atomic E-state index is 12.7. The van der Waals surface area contributed by atoms with E-state index in [4.69, 9.17) is 4.74 Å². The number of benzene rings is 1. The lowest BCUT2D eigenvalue weighted by atomic mass is 10.1. The molecule has 1 aliphatic rings. The molecule has 1 amide bonds. The summed E-state index contributed by atoms with van der Waals surface area (Å²) >= 11 is 1.59. The van der Waals surface area contributed by atoms with Gasteiger partial charge in [0.2, 0.25) is 5.91 Å². The van der Waals surface area contributed by atoms with E-state index in [1.807, 2.05) is 23.1 Å². The molecule has 1 saturated heterocycles. The standard InChI is InChI=1S/C18H24N2O2S/c1-13(2)9-10-17(21)20(12-14-6-5-11-22-14)18-19-15-7-3-4-8-16(15)23-18/h3-4,7-8,13-14H,5-6,9-12H2,1-2H3. The monoisotopic (exact) mass is 332 g/mol. The Hall–Kier alpha value is -1.46. The number of hydrogen-bond donors (Lipinski definition) is 0. The summed E-state index contributed by atoms with van der Waals surface area (Å²) in [7, 11) is 0. The summed E-state index contributed by atoms with van der Waals surface area (Å²) in [5, 5.41) is 0.801. The zero-order valence-electron chi connectivity index (χ0n) is 13.8. The normalized spacial score (nSPS) is 18.0. The molecule has 4 nitrogen and oxygen atoms in total. The van der Waals surface area contributed by atoms with Crippen molar-refractivity contribution in [2.45, 2.75) is 45.6 Å². The number of nitrogens with zero attached hydrogens (tertiary/aromatic N) is 2. The van der Waals surface area contributed by atoms with Gasteiger partial charge in [-0.1, -0.05) is 37.3 Å². The second-order valence-corrected chi connectivity index (χ2v) is 7.55. The Morgan fingerprint density at radius 3 is 2.96 bits per heavy atom. The summed E-state index contributed by atoms with van der Waals surface area (Å²) in [4.78, 5) is 19.3. The minimum absolute atomic E-state index is 0.144. The lowest BCUT2D eigenvalue weighted by Crippen LogP contribution is -2.37. The third-order valence-electron chi connectivity index (χ3n) is 4.16. The lowest BCUT2D eigenvalue weighted by Gasteiger charge is -2.23. The Morgan fingerprint density at radius 1 is 1.43 bits per heavy atom. The van der Waals surface area contributed by atoms with Gasteiger partial charge in [-0.05, 0) is 37.3 Å². The molecule has 23 heavy (non-hydrogen) atoms. The predicted octanol–water partition coefficient (Wildman–Crippen LogP) is 4.24. The van der Waals surface area contributed by atoms with Crippen LogP contribution in [0.2, 0.25) is 0 Å². The van der Waals surface area contributed by atoms with Gasteiger partial charge < -0.3 is 4.74 Å². The third kappa shape index (κ3) is 4.09. The van der Waals surface area contributed by atoms with Crippen LogP contribution >= 0.6 is 11.3 Å². The van der Waals surface area contributed by atoms with Crippen LogP contribution in [0.3, 0.4) is 0 Å². The number of para-hydroxylation sites is 1. The van der Waals surface area contributed by atoms with Crippen molar-refractivity contribution in [1.82, 2.24) is 4.98 Å². The first kappa shape index (κ1) is 16.4. The molecule has 0 bridgehead atoms. The van der Waals surface area contributed by atoms with Crippen LogP contribution in [-0.2, 0) is 9.53 Å². The number of hydrogen-bond acceptors (Lipinski definition) is 4. The van der Waals surface area contributed by atoms with Crippen LogP contribution in [0, 0.1) is 5.92 Å². The maximum absolute atomic E-state index is 12.7. The number of aromatic nitrogens is 1. The van der Waals surface area contributed by atoms with E-state index in [1.54, 1.807) is 11.3 Å². The van der Waals surface area contributed by atoms with Crippen LogP contribution in [-0.4, -0.2) is 30.1 Å². The fourth-order valence-corrected chi connectivity index (χ4v) is 3.79. The number of ether oxygens (including phenoxy) is 1. The largest absolute Gasteiger partial charge is 0.376 e. The smallest absolute Gasteiger partial charge is 0.228 e. The molecule has 3 rings (SSSR count). The van der Waals surface area contributed by atoms with Gasteiger partial charge in [-0.2, -0.15) is 0 Å². The molecule has 0 aliphatic carbocycles. The number of carbonyl (C=O) groups excluding carboxylic acids is 1. The van der Waals surface area contributed by atoms with Gasteiger partial charge in [-0.15, -0.1) is 0 Å². The highest BCUT2D eigenvalue weighted by molar-refractivity contribution is 7.22. The van der Waals surface area contributed by atoms with Crippen molar-refractivity contribution >= 4 is 32.6 Å². The number of carbonyl (C=O) groups is 1. The molecule has 1 fully saturated rings. The van der Waals surface area contributed by atoms with E-state index >= 15 is 0 Å². The minimum Gasteiger partial charge on any atom is -0.376 e. The SMILES string of the molecule is CC(C)CCC(=O)N(CC1CCCO1)c1nc2ccccc2s1. The van der Waals surface area contributed by atoms with Crippen LogP contribution in [0.4, 0.5) is 5.13 Å². The molecule has 1 aromatic carbocycles. The Kier molecular flexibility index (Phi) is 5.28. The predicted molar refractivity (Wildman–Crippen MR) is 95.0 cm³/mol. The molecule has 1 atom stereocenters. The Morgan fingerprint density at radius 2 is 2.26 bits per heavy atom. The van der Waals surface area contributed by atoms with E-state index in [9.17, 15) is 4.79 Å². The first-order chi connectivity index (χ1) is 11.1. The van der Waals surface area contributed by atoms with Gasteiger partial charge in [0.05, 0.1) is 22.9 Å². The van der Waals surface area contributed by atoms with E-state index < -0.39 is 0 Å².